The van der Waals surface area contributed by atoms with Crippen LogP contribution in [0.5, 0.6) is 5.75 Å². The SMILES string of the molecule is COC(=O)CCC(C(N)=O)N1Cc2c(OCc3ccc(Cc4nc5ccccc5[nH]4)cc3)cccc2C1=O. The zero-order chi connectivity index (χ0) is 26.6. The Labute approximate surface area is 219 Å². The molecule has 0 saturated carbocycles. The molecule has 38 heavy (non-hydrogen) atoms. The number of hydrogen-bond donors (Lipinski definition) is 2. The summed E-state index contributed by atoms with van der Waals surface area (Å²) in [4.78, 5) is 46.1. The minimum absolute atomic E-state index is 0.0140. The van der Waals surface area contributed by atoms with Gasteiger partial charge >= 0.3 is 5.97 Å². The Bertz CT molecular complexity index is 1460. The number of nitrogens with zero attached hydrogens (tertiary/aromatic N) is 2. The number of amides is 2. The highest BCUT2D eigenvalue weighted by atomic mass is 16.5. The number of benzene rings is 3. The van der Waals surface area contributed by atoms with E-state index in [2.05, 4.69) is 14.7 Å². The molecule has 1 aromatic heterocycles. The van der Waals surface area contributed by atoms with Crippen LogP contribution in [-0.2, 0) is 33.9 Å². The molecule has 0 radical (unpaired) electrons. The highest BCUT2D eigenvalue weighted by Crippen LogP contribution is 2.33. The summed E-state index contributed by atoms with van der Waals surface area (Å²) >= 11 is 0. The molecule has 1 aliphatic rings. The lowest BCUT2D eigenvalue weighted by molar-refractivity contribution is -0.141. The standard InChI is InChI=1S/C29H28N4O5/c1-37-27(34)14-13-24(28(30)35)33-16-21-20(29(33)36)5-4-8-25(21)38-17-19-11-9-18(10-12-19)15-26-31-22-6-2-3-7-23(22)32-26/h2-12,24H,13-17H2,1H3,(H2,30,35)(H,31,32). The molecule has 1 unspecified atom stereocenters. The molecule has 9 nitrogen and oxygen atoms in total. The number of H-pyrrole nitrogens is 1. The molecule has 0 aliphatic carbocycles. The molecule has 0 saturated heterocycles. The average molecular weight is 513 g/mol. The number of aromatic amines is 1. The van der Waals surface area contributed by atoms with E-state index >= 15 is 0 Å². The Morgan fingerprint density at radius 3 is 2.55 bits per heavy atom. The van der Waals surface area contributed by atoms with Crippen LogP contribution in [0, 0.1) is 0 Å². The number of primary amides is 1. The molecule has 2 amide bonds. The van der Waals surface area contributed by atoms with Crippen molar-refractivity contribution in [2.24, 2.45) is 5.73 Å². The third-order valence-electron chi connectivity index (χ3n) is 6.73. The Kier molecular flexibility index (Phi) is 7.08. The van der Waals surface area contributed by atoms with E-state index in [9.17, 15) is 14.4 Å². The summed E-state index contributed by atoms with van der Waals surface area (Å²) in [5.74, 6) is 0.0355. The molecule has 1 aliphatic heterocycles. The predicted octanol–water partition coefficient (Wildman–Crippen LogP) is 3.50. The summed E-state index contributed by atoms with van der Waals surface area (Å²) in [7, 11) is 1.27. The fourth-order valence-electron chi connectivity index (χ4n) is 4.72. The van der Waals surface area contributed by atoms with Crippen LogP contribution in [0.1, 0.15) is 45.7 Å². The van der Waals surface area contributed by atoms with Gasteiger partial charge in [-0.25, -0.2) is 4.98 Å². The predicted molar refractivity (Wildman–Crippen MR) is 140 cm³/mol. The monoisotopic (exact) mass is 512 g/mol. The maximum Gasteiger partial charge on any atom is 0.305 e. The zero-order valence-electron chi connectivity index (χ0n) is 21.0. The molecular formula is C29H28N4O5. The number of methoxy groups -OCH3 is 1. The maximum atomic E-state index is 13.1. The van der Waals surface area contributed by atoms with Gasteiger partial charge in [0.1, 0.15) is 24.2 Å². The first-order valence-electron chi connectivity index (χ1n) is 12.4. The Morgan fingerprint density at radius 1 is 1.05 bits per heavy atom. The van der Waals surface area contributed by atoms with Gasteiger partial charge in [-0.1, -0.05) is 42.5 Å². The largest absolute Gasteiger partial charge is 0.489 e. The summed E-state index contributed by atoms with van der Waals surface area (Å²) in [6.07, 6.45) is 0.773. The van der Waals surface area contributed by atoms with Gasteiger partial charge in [-0.05, 0) is 41.8 Å². The number of esters is 1. The lowest BCUT2D eigenvalue weighted by Gasteiger charge is -2.24. The second kappa shape index (κ2) is 10.8. The molecule has 0 spiro atoms. The minimum atomic E-state index is -0.916. The van der Waals surface area contributed by atoms with Gasteiger partial charge in [-0.3, -0.25) is 14.4 Å². The zero-order valence-corrected chi connectivity index (χ0v) is 21.0. The number of ether oxygens (including phenoxy) is 2. The van der Waals surface area contributed by atoms with E-state index in [0.717, 1.165) is 28.0 Å². The summed E-state index contributed by atoms with van der Waals surface area (Å²) in [6.45, 7) is 0.493. The van der Waals surface area contributed by atoms with E-state index in [1.165, 1.54) is 12.0 Å². The first kappa shape index (κ1) is 25.0. The van der Waals surface area contributed by atoms with E-state index < -0.39 is 17.9 Å². The Hall–Kier alpha value is -4.66. The molecule has 2 heterocycles. The smallest absolute Gasteiger partial charge is 0.305 e. The van der Waals surface area contributed by atoms with Crippen molar-refractivity contribution in [3.05, 3.63) is 94.8 Å². The van der Waals surface area contributed by atoms with Gasteiger partial charge in [0, 0.05) is 24.0 Å². The number of aromatic nitrogens is 2. The van der Waals surface area contributed by atoms with E-state index in [1.54, 1.807) is 18.2 Å². The number of imidazole rings is 1. The van der Waals surface area contributed by atoms with Gasteiger partial charge < -0.3 is 25.1 Å². The molecule has 3 N–H and O–H groups in total. The van der Waals surface area contributed by atoms with Crippen molar-refractivity contribution in [2.75, 3.05) is 7.11 Å². The number of para-hydroxylation sites is 2. The molecule has 5 rings (SSSR count). The number of carbonyl (C=O) groups is 3. The molecule has 4 aromatic rings. The molecule has 9 heteroatoms. The summed E-state index contributed by atoms with van der Waals surface area (Å²) in [6, 6.07) is 20.4. The number of nitrogens with two attached hydrogens (primary N) is 1. The Balaban J connectivity index is 1.24. The molecule has 3 aromatic carbocycles. The summed E-state index contributed by atoms with van der Waals surface area (Å²) in [5.41, 5.74) is 10.8. The summed E-state index contributed by atoms with van der Waals surface area (Å²) < 4.78 is 10.8. The first-order chi connectivity index (χ1) is 18.4. The quantitative estimate of drug-likeness (QED) is 0.313. The van der Waals surface area contributed by atoms with Gasteiger partial charge in [-0.15, -0.1) is 0 Å². The van der Waals surface area contributed by atoms with E-state index in [1.807, 2.05) is 48.5 Å². The van der Waals surface area contributed by atoms with Crippen LogP contribution in [0.3, 0.4) is 0 Å². The van der Waals surface area contributed by atoms with Crippen molar-refractivity contribution in [3.63, 3.8) is 0 Å². The van der Waals surface area contributed by atoms with Crippen molar-refractivity contribution < 1.29 is 23.9 Å². The highest BCUT2D eigenvalue weighted by Gasteiger charge is 2.37. The third-order valence-corrected chi connectivity index (χ3v) is 6.73. The second-order valence-electron chi connectivity index (χ2n) is 9.23. The first-order valence-corrected chi connectivity index (χ1v) is 12.4. The fourth-order valence-corrected chi connectivity index (χ4v) is 4.72. The number of fused-ring (bicyclic) bond motifs is 2. The number of hydrogen-bond acceptors (Lipinski definition) is 6. The molecule has 0 bridgehead atoms. The van der Waals surface area contributed by atoms with Crippen molar-refractivity contribution in [1.82, 2.24) is 14.9 Å². The van der Waals surface area contributed by atoms with E-state index in [4.69, 9.17) is 10.5 Å². The molecule has 1 atom stereocenters. The average Bonchev–Trinajstić information content (AvgIpc) is 3.48. The van der Waals surface area contributed by atoms with Crippen molar-refractivity contribution in [1.29, 1.82) is 0 Å². The number of rotatable bonds is 10. The highest BCUT2D eigenvalue weighted by molar-refractivity contribution is 6.01. The normalized spacial score (nSPS) is 13.4. The van der Waals surface area contributed by atoms with Gasteiger partial charge in [-0.2, -0.15) is 0 Å². The summed E-state index contributed by atoms with van der Waals surface area (Å²) in [5, 5.41) is 0. The molecular weight excluding hydrogens is 484 g/mol. The van der Waals surface area contributed by atoms with Crippen LogP contribution < -0.4 is 10.5 Å². The van der Waals surface area contributed by atoms with Gasteiger partial charge in [0.2, 0.25) is 5.91 Å². The van der Waals surface area contributed by atoms with Crippen LogP contribution >= 0.6 is 0 Å². The molecule has 194 valence electrons. The lowest BCUT2D eigenvalue weighted by Crippen LogP contribution is -2.45. The van der Waals surface area contributed by atoms with Crippen molar-refractivity contribution in [2.45, 2.75) is 38.5 Å². The maximum absolute atomic E-state index is 13.1. The minimum Gasteiger partial charge on any atom is -0.489 e. The topological polar surface area (TPSA) is 128 Å². The number of nitrogens with one attached hydrogen (secondary N) is 1. The number of carbonyl (C=O) groups excluding carboxylic acids is 3. The van der Waals surface area contributed by atoms with Crippen LogP contribution in [0.15, 0.2) is 66.7 Å². The van der Waals surface area contributed by atoms with E-state index in [0.29, 0.717) is 29.9 Å². The Morgan fingerprint density at radius 2 is 1.82 bits per heavy atom. The third kappa shape index (κ3) is 5.22. The van der Waals surface area contributed by atoms with Crippen LogP contribution in [0.4, 0.5) is 0 Å². The molecule has 0 fully saturated rings. The van der Waals surface area contributed by atoms with Crippen LogP contribution in [0.25, 0.3) is 11.0 Å². The van der Waals surface area contributed by atoms with Gasteiger partial charge in [0.25, 0.3) is 5.91 Å². The van der Waals surface area contributed by atoms with Gasteiger partial charge in [0.05, 0.1) is 24.7 Å². The van der Waals surface area contributed by atoms with Crippen molar-refractivity contribution in [3.8, 4) is 5.75 Å². The lowest BCUT2D eigenvalue weighted by atomic mass is 10.1. The van der Waals surface area contributed by atoms with Crippen molar-refractivity contribution >= 4 is 28.8 Å². The van der Waals surface area contributed by atoms with Crippen LogP contribution in [0.2, 0.25) is 0 Å². The van der Waals surface area contributed by atoms with Crippen LogP contribution in [-0.4, -0.2) is 45.8 Å². The van der Waals surface area contributed by atoms with E-state index in [-0.39, 0.29) is 25.3 Å². The van der Waals surface area contributed by atoms with Gasteiger partial charge in [0.15, 0.2) is 0 Å². The second-order valence-corrected chi connectivity index (χ2v) is 9.23. The fraction of sp³-hybridized carbons (Fsp3) is 0.241.